The number of ether oxygens (including phenoxy) is 2. The molecule has 4 rings (SSSR count). The van der Waals surface area contributed by atoms with E-state index in [4.69, 9.17) is 21.1 Å². The normalized spacial score (nSPS) is 14.4. The zero-order valence-corrected chi connectivity index (χ0v) is 19.3. The number of alkyl carbamates (subject to hydrolysis) is 1. The molecule has 0 saturated heterocycles. The molecule has 0 radical (unpaired) electrons. The van der Waals surface area contributed by atoms with Crippen LogP contribution in [0.2, 0.25) is 5.02 Å². The van der Waals surface area contributed by atoms with Crippen LogP contribution in [0.15, 0.2) is 70.5 Å². The van der Waals surface area contributed by atoms with Crippen molar-refractivity contribution in [2.45, 2.75) is 24.1 Å². The van der Waals surface area contributed by atoms with E-state index in [9.17, 15) is 14.4 Å². The smallest absolute Gasteiger partial charge is 0.407 e. The average molecular weight is 485 g/mol. The van der Waals surface area contributed by atoms with Crippen molar-refractivity contribution in [3.05, 3.63) is 98.4 Å². The molecule has 33 heavy (non-hydrogen) atoms. The van der Waals surface area contributed by atoms with Gasteiger partial charge < -0.3 is 19.4 Å². The lowest BCUT2D eigenvalue weighted by Crippen LogP contribution is -2.35. The fourth-order valence-electron chi connectivity index (χ4n) is 3.56. The summed E-state index contributed by atoms with van der Waals surface area (Å²) in [6.45, 7) is 0.353. The molecule has 2 heterocycles. The molecular formula is C24H21ClN2O5S. The molecule has 0 bridgehead atoms. The summed E-state index contributed by atoms with van der Waals surface area (Å²) in [5.74, 6) is -0.143. The molecule has 1 atom stereocenters. The Kier molecular flexibility index (Phi) is 7.05. The average Bonchev–Trinajstić information content (AvgIpc) is 3.25. The Balaban J connectivity index is 1.60. The van der Waals surface area contributed by atoms with Crippen LogP contribution in [0.3, 0.4) is 0 Å². The number of nitrogens with zero attached hydrogens (tertiary/aromatic N) is 1. The van der Waals surface area contributed by atoms with Crippen molar-refractivity contribution in [1.29, 1.82) is 0 Å². The molecule has 0 unspecified atom stereocenters. The molecule has 3 aromatic rings. The van der Waals surface area contributed by atoms with Crippen molar-refractivity contribution in [2.75, 3.05) is 12.9 Å². The molecule has 0 spiro atoms. The number of pyridine rings is 1. The summed E-state index contributed by atoms with van der Waals surface area (Å²) in [6, 6.07) is 15.8. The lowest BCUT2D eigenvalue weighted by Gasteiger charge is -2.16. The van der Waals surface area contributed by atoms with Gasteiger partial charge in [-0.3, -0.25) is 4.79 Å². The number of nitrogens with one attached hydrogen (secondary N) is 1. The molecule has 170 valence electrons. The van der Waals surface area contributed by atoms with Crippen LogP contribution in [0.25, 0.3) is 0 Å². The number of hydrogen-bond donors (Lipinski definition) is 1. The van der Waals surface area contributed by atoms with Crippen LogP contribution < -0.4 is 10.9 Å². The fourth-order valence-corrected chi connectivity index (χ4v) is 4.95. The molecule has 9 heteroatoms. The minimum Gasteiger partial charge on any atom is -0.465 e. The molecule has 2 aromatic carbocycles. The minimum atomic E-state index is -0.635. The summed E-state index contributed by atoms with van der Waals surface area (Å²) in [5, 5.41) is 3.35. The number of methoxy groups -OCH3 is 1. The van der Waals surface area contributed by atoms with E-state index in [1.807, 2.05) is 42.5 Å². The van der Waals surface area contributed by atoms with Gasteiger partial charge in [-0.1, -0.05) is 54.1 Å². The maximum Gasteiger partial charge on any atom is 0.407 e. The largest absolute Gasteiger partial charge is 0.465 e. The van der Waals surface area contributed by atoms with Crippen molar-refractivity contribution in [3.63, 3.8) is 0 Å². The number of esters is 1. The van der Waals surface area contributed by atoms with Gasteiger partial charge in [0.1, 0.15) is 6.61 Å². The van der Waals surface area contributed by atoms with Gasteiger partial charge in [0, 0.05) is 21.9 Å². The van der Waals surface area contributed by atoms with Gasteiger partial charge in [-0.15, -0.1) is 11.8 Å². The molecule has 0 saturated carbocycles. The third kappa shape index (κ3) is 5.23. The minimum absolute atomic E-state index is 0.113. The van der Waals surface area contributed by atoms with Crippen LogP contribution in [0.4, 0.5) is 4.79 Å². The monoisotopic (exact) mass is 484 g/mol. The Morgan fingerprint density at radius 1 is 1.12 bits per heavy atom. The highest BCUT2D eigenvalue weighted by atomic mass is 35.5. The van der Waals surface area contributed by atoms with Crippen molar-refractivity contribution in [2.24, 2.45) is 0 Å². The van der Waals surface area contributed by atoms with Crippen LogP contribution in [0.5, 0.6) is 0 Å². The van der Waals surface area contributed by atoms with Gasteiger partial charge in [0.15, 0.2) is 0 Å². The Labute approximate surface area is 199 Å². The van der Waals surface area contributed by atoms with Crippen LogP contribution in [-0.4, -0.2) is 29.5 Å². The summed E-state index contributed by atoms with van der Waals surface area (Å²) in [7, 11) is 1.29. The first kappa shape index (κ1) is 22.9. The molecule has 0 fully saturated rings. The van der Waals surface area contributed by atoms with Crippen molar-refractivity contribution in [3.8, 4) is 0 Å². The van der Waals surface area contributed by atoms with E-state index >= 15 is 0 Å². The Morgan fingerprint density at radius 2 is 1.85 bits per heavy atom. The number of aromatic nitrogens is 1. The van der Waals surface area contributed by atoms with Crippen LogP contribution in [0.1, 0.15) is 33.1 Å². The second-order valence-corrected chi connectivity index (χ2v) is 8.87. The van der Waals surface area contributed by atoms with Gasteiger partial charge in [-0.25, -0.2) is 9.59 Å². The number of fused-ring (bicyclic) bond motifs is 1. The Hall–Kier alpha value is -3.23. The highest BCUT2D eigenvalue weighted by molar-refractivity contribution is 7.99. The highest BCUT2D eigenvalue weighted by Gasteiger charge is 2.33. The molecule has 1 N–H and O–H groups in total. The maximum atomic E-state index is 13.3. The lowest BCUT2D eigenvalue weighted by atomic mass is 10.1. The van der Waals surface area contributed by atoms with Crippen molar-refractivity contribution in [1.82, 2.24) is 9.88 Å². The zero-order valence-electron chi connectivity index (χ0n) is 17.7. The number of carbonyl (C=O) groups excluding carboxylic acids is 2. The zero-order chi connectivity index (χ0) is 23.4. The number of hydrogen-bond acceptors (Lipinski definition) is 6. The van der Waals surface area contributed by atoms with Gasteiger partial charge >= 0.3 is 12.1 Å². The molecule has 0 aliphatic carbocycles. The van der Waals surface area contributed by atoms with E-state index in [1.54, 1.807) is 12.1 Å². The fraction of sp³-hybridized carbons (Fsp3) is 0.208. The van der Waals surface area contributed by atoms with E-state index in [0.717, 1.165) is 11.1 Å². The summed E-state index contributed by atoms with van der Waals surface area (Å²) in [6.07, 6.45) is 0.870. The Bertz CT molecular complexity index is 1230. The second kappa shape index (κ2) is 10.1. The highest BCUT2D eigenvalue weighted by Crippen LogP contribution is 2.38. The van der Waals surface area contributed by atoms with Gasteiger partial charge in [-0.05, 0) is 23.3 Å². The van der Waals surface area contributed by atoms with Crippen LogP contribution >= 0.6 is 23.4 Å². The summed E-state index contributed by atoms with van der Waals surface area (Å²) in [4.78, 5) is 38.7. The van der Waals surface area contributed by atoms with Gasteiger partial charge in [0.05, 0.1) is 30.8 Å². The SMILES string of the molecule is COC(=O)c1cn(Cc2ccc(Cl)cc2)c(=O)c2c1SC[C@@H]2NC(=O)OCc1ccccc1. The van der Waals surface area contributed by atoms with Crippen LogP contribution in [-0.2, 0) is 22.6 Å². The second-order valence-electron chi connectivity index (χ2n) is 7.41. The first-order valence-electron chi connectivity index (χ1n) is 10.2. The van der Waals surface area contributed by atoms with Crippen LogP contribution in [0, 0.1) is 0 Å². The lowest BCUT2D eigenvalue weighted by molar-refractivity contribution is 0.0595. The topological polar surface area (TPSA) is 86.6 Å². The standard InChI is InChI=1S/C24H21ClN2O5S/c1-31-23(29)18-12-27(11-15-7-9-17(25)10-8-15)22(28)20-19(14-33-21(18)20)26-24(30)32-13-16-5-3-2-4-6-16/h2-10,12,19H,11,13-14H2,1H3,(H,26,30)/t19-/m0/s1. The molecule has 1 aliphatic rings. The summed E-state index contributed by atoms with van der Waals surface area (Å²) < 4.78 is 11.7. The Morgan fingerprint density at radius 3 is 2.55 bits per heavy atom. The van der Waals surface area contributed by atoms with E-state index < -0.39 is 18.1 Å². The van der Waals surface area contributed by atoms with E-state index in [2.05, 4.69) is 5.32 Å². The molecule has 1 aliphatic heterocycles. The first-order chi connectivity index (χ1) is 16.0. The predicted molar refractivity (Wildman–Crippen MR) is 126 cm³/mol. The van der Waals surface area contributed by atoms with Crippen molar-refractivity contribution < 1.29 is 19.1 Å². The first-order valence-corrected chi connectivity index (χ1v) is 11.5. The number of amides is 1. The van der Waals surface area contributed by atoms with Gasteiger partial charge in [-0.2, -0.15) is 0 Å². The predicted octanol–water partition coefficient (Wildman–Crippen LogP) is 4.41. The van der Waals surface area contributed by atoms with E-state index in [-0.39, 0.29) is 24.3 Å². The number of carbonyl (C=O) groups is 2. The molecule has 1 aromatic heterocycles. The molecule has 7 nitrogen and oxygen atoms in total. The molecule has 1 amide bonds. The van der Waals surface area contributed by atoms with Crippen molar-refractivity contribution >= 4 is 35.4 Å². The van der Waals surface area contributed by atoms with E-state index in [0.29, 0.717) is 21.2 Å². The molecular weight excluding hydrogens is 464 g/mol. The van der Waals surface area contributed by atoms with Gasteiger partial charge in [0.25, 0.3) is 5.56 Å². The number of halogens is 1. The number of rotatable bonds is 6. The third-order valence-electron chi connectivity index (χ3n) is 5.18. The summed E-state index contributed by atoms with van der Waals surface area (Å²) in [5.41, 5.74) is 2.05. The maximum absolute atomic E-state index is 13.3. The van der Waals surface area contributed by atoms with E-state index in [1.165, 1.54) is 29.6 Å². The summed E-state index contributed by atoms with van der Waals surface area (Å²) >= 11 is 7.29. The quantitative estimate of drug-likeness (QED) is 0.521. The third-order valence-corrected chi connectivity index (χ3v) is 6.67. The van der Waals surface area contributed by atoms with Gasteiger partial charge in [0.2, 0.25) is 0 Å². The number of benzene rings is 2. The number of thioether (sulfide) groups is 1.